The van der Waals surface area contributed by atoms with E-state index in [2.05, 4.69) is 34.5 Å². The summed E-state index contributed by atoms with van der Waals surface area (Å²) in [6, 6.07) is 22.1. The monoisotopic (exact) mass is 378 g/mol. The molecule has 0 unspecified atom stereocenters. The Kier molecular flexibility index (Phi) is 5.42. The first kappa shape index (κ1) is 18.0. The zero-order valence-corrected chi connectivity index (χ0v) is 16.0. The minimum atomic E-state index is 0.000191. The van der Waals surface area contributed by atoms with Crippen molar-refractivity contribution >= 4 is 34.0 Å². The van der Waals surface area contributed by atoms with Crippen molar-refractivity contribution in [2.75, 3.05) is 18.4 Å². The molecule has 3 aromatic carbocycles. The summed E-state index contributed by atoms with van der Waals surface area (Å²) in [6.45, 7) is 2.56. The molecule has 1 N–H and O–H groups in total. The van der Waals surface area contributed by atoms with Crippen LogP contribution in [0, 0.1) is 5.92 Å². The molecule has 4 heteroatoms. The highest BCUT2D eigenvalue weighted by atomic mass is 35.5. The van der Waals surface area contributed by atoms with Crippen LogP contribution in [0.2, 0.25) is 5.02 Å². The van der Waals surface area contributed by atoms with Crippen LogP contribution >= 0.6 is 11.6 Å². The van der Waals surface area contributed by atoms with E-state index < -0.39 is 0 Å². The molecule has 1 heterocycles. The van der Waals surface area contributed by atoms with Crippen molar-refractivity contribution in [3.05, 3.63) is 77.3 Å². The number of carbonyl (C=O) groups is 1. The fraction of sp³-hybridized carbons (Fsp3) is 0.261. The summed E-state index contributed by atoms with van der Waals surface area (Å²) < 4.78 is 0. The molecular weight excluding hydrogens is 356 g/mol. The number of hydrogen-bond donors (Lipinski definition) is 1. The maximum Gasteiger partial charge on any atom is 0.228 e. The molecule has 4 rings (SSSR count). The molecule has 1 saturated heterocycles. The second-order valence-corrected chi connectivity index (χ2v) is 7.59. The molecule has 0 aliphatic carbocycles. The molecule has 0 spiro atoms. The number of likely N-dealkylation sites (tertiary alicyclic amines) is 1. The molecule has 1 atom stereocenters. The first-order valence-electron chi connectivity index (χ1n) is 9.45. The Morgan fingerprint density at radius 2 is 1.81 bits per heavy atom. The second-order valence-electron chi connectivity index (χ2n) is 7.18. The molecule has 1 aliphatic rings. The number of amides is 1. The van der Waals surface area contributed by atoms with Gasteiger partial charge in [-0.05, 0) is 42.5 Å². The van der Waals surface area contributed by atoms with Crippen molar-refractivity contribution in [3.63, 3.8) is 0 Å². The zero-order chi connectivity index (χ0) is 18.6. The van der Waals surface area contributed by atoms with Crippen LogP contribution in [0.15, 0.2) is 66.7 Å². The highest BCUT2D eigenvalue weighted by Crippen LogP contribution is 2.26. The van der Waals surface area contributed by atoms with Crippen LogP contribution in [-0.2, 0) is 11.3 Å². The fourth-order valence-corrected chi connectivity index (χ4v) is 4.05. The van der Waals surface area contributed by atoms with Crippen LogP contribution in [0.25, 0.3) is 10.8 Å². The predicted octanol–water partition coefficient (Wildman–Crippen LogP) is 5.34. The molecule has 0 radical (unpaired) electrons. The maximum atomic E-state index is 12.9. The van der Waals surface area contributed by atoms with Gasteiger partial charge in [0.15, 0.2) is 0 Å². The molecular formula is C23H23ClN2O. The summed E-state index contributed by atoms with van der Waals surface area (Å²) >= 11 is 6.30. The number of carbonyl (C=O) groups excluding carboxylic acids is 1. The predicted molar refractivity (Wildman–Crippen MR) is 112 cm³/mol. The number of halogens is 1. The minimum Gasteiger partial charge on any atom is -0.325 e. The number of nitrogens with one attached hydrogen (secondary N) is 1. The van der Waals surface area contributed by atoms with Crippen molar-refractivity contribution in [1.82, 2.24) is 4.90 Å². The van der Waals surface area contributed by atoms with Gasteiger partial charge in [-0.25, -0.2) is 0 Å². The zero-order valence-electron chi connectivity index (χ0n) is 15.2. The van der Waals surface area contributed by atoms with Crippen LogP contribution in [0.4, 0.5) is 5.69 Å². The molecule has 1 amide bonds. The molecule has 3 aromatic rings. The van der Waals surface area contributed by atoms with Crippen LogP contribution in [0.1, 0.15) is 18.4 Å². The summed E-state index contributed by atoms with van der Waals surface area (Å²) in [6.07, 6.45) is 1.95. The smallest absolute Gasteiger partial charge is 0.228 e. The number of anilines is 1. The van der Waals surface area contributed by atoms with Gasteiger partial charge in [0.25, 0.3) is 0 Å². The topological polar surface area (TPSA) is 32.3 Å². The van der Waals surface area contributed by atoms with Crippen molar-refractivity contribution < 1.29 is 4.79 Å². The SMILES string of the molecule is O=C(Nc1cccc2ccccc12)[C@H]1CCCN(Cc2ccccc2Cl)C1. The standard InChI is InChI=1S/C23H23ClN2O/c24-21-12-4-2-8-18(21)15-26-14-6-10-19(16-26)23(27)25-22-13-5-9-17-7-1-3-11-20(17)22/h1-5,7-9,11-13,19H,6,10,14-16H2,(H,25,27)/t19-/m0/s1. The van der Waals surface area contributed by atoms with E-state index >= 15 is 0 Å². The lowest BCUT2D eigenvalue weighted by Crippen LogP contribution is -2.40. The maximum absolute atomic E-state index is 12.9. The summed E-state index contributed by atoms with van der Waals surface area (Å²) in [5.74, 6) is 0.107. The Morgan fingerprint density at radius 3 is 2.70 bits per heavy atom. The third kappa shape index (κ3) is 4.15. The fourth-order valence-electron chi connectivity index (χ4n) is 3.85. The number of nitrogens with zero attached hydrogens (tertiary/aromatic N) is 1. The van der Waals surface area contributed by atoms with Crippen molar-refractivity contribution in [3.8, 4) is 0 Å². The van der Waals surface area contributed by atoms with E-state index in [4.69, 9.17) is 11.6 Å². The first-order chi connectivity index (χ1) is 13.2. The van der Waals surface area contributed by atoms with E-state index in [0.29, 0.717) is 0 Å². The summed E-state index contributed by atoms with van der Waals surface area (Å²) in [7, 11) is 0. The van der Waals surface area contributed by atoms with Crippen LogP contribution < -0.4 is 5.32 Å². The van der Waals surface area contributed by atoms with Gasteiger partial charge >= 0.3 is 0 Å². The molecule has 1 fully saturated rings. The number of benzene rings is 3. The molecule has 3 nitrogen and oxygen atoms in total. The largest absolute Gasteiger partial charge is 0.325 e. The molecule has 0 bridgehead atoms. The molecule has 1 aliphatic heterocycles. The molecule has 27 heavy (non-hydrogen) atoms. The van der Waals surface area contributed by atoms with Gasteiger partial charge in [0.05, 0.1) is 5.92 Å². The first-order valence-corrected chi connectivity index (χ1v) is 9.83. The number of hydrogen-bond acceptors (Lipinski definition) is 2. The normalized spacial score (nSPS) is 17.7. The summed E-state index contributed by atoms with van der Waals surface area (Å²) in [5, 5.41) is 6.17. The third-order valence-corrected chi connectivity index (χ3v) is 5.64. The van der Waals surface area contributed by atoms with E-state index in [1.165, 1.54) is 0 Å². The third-order valence-electron chi connectivity index (χ3n) is 5.28. The highest BCUT2D eigenvalue weighted by Gasteiger charge is 2.26. The van der Waals surface area contributed by atoms with Crippen molar-refractivity contribution in [2.45, 2.75) is 19.4 Å². The Labute approximate surface area is 164 Å². The second kappa shape index (κ2) is 8.12. The number of rotatable bonds is 4. The average molecular weight is 379 g/mol. The van der Waals surface area contributed by atoms with Gasteiger partial charge in [0.1, 0.15) is 0 Å². The Hall–Kier alpha value is -2.36. The Morgan fingerprint density at radius 1 is 1.04 bits per heavy atom. The van der Waals surface area contributed by atoms with E-state index in [9.17, 15) is 4.79 Å². The van der Waals surface area contributed by atoms with Gasteiger partial charge in [-0.2, -0.15) is 0 Å². The van der Waals surface area contributed by atoms with E-state index in [1.54, 1.807) is 0 Å². The Bertz CT molecular complexity index is 951. The quantitative estimate of drug-likeness (QED) is 0.664. The lowest BCUT2D eigenvalue weighted by atomic mass is 9.96. The van der Waals surface area contributed by atoms with Crippen molar-refractivity contribution in [2.24, 2.45) is 5.92 Å². The van der Waals surface area contributed by atoms with Gasteiger partial charge < -0.3 is 5.32 Å². The van der Waals surface area contributed by atoms with Gasteiger partial charge in [-0.1, -0.05) is 66.2 Å². The van der Waals surface area contributed by atoms with Gasteiger partial charge in [-0.3, -0.25) is 9.69 Å². The lowest BCUT2D eigenvalue weighted by Gasteiger charge is -2.32. The van der Waals surface area contributed by atoms with Gasteiger partial charge in [0.2, 0.25) is 5.91 Å². The van der Waals surface area contributed by atoms with E-state index in [-0.39, 0.29) is 11.8 Å². The number of fused-ring (bicyclic) bond motifs is 1. The van der Waals surface area contributed by atoms with Gasteiger partial charge in [-0.15, -0.1) is 0 Å². The number of piperidine rings is 1. The molecule has 138 valence electrons. The van der Waals surface area contributed by atoms with Crippen LogP contribution in [0.3, 0.4) is 0 Å². The van der Waals surface area contributed by atoms with E-state index in [0.717, 1.165) is 59.5 Å². The summed E-state index contributed by atoms with van der Waals surface area (Å²) in [5.41, 5.74) is 2.01. The highest BCUT2D eigenvalue weighted by molar-refractivity contribution is 6.31. The minimum absolute atomic E-state index is 0.000191. The molecule has 0 saturated carbocycles. The molecule has 0 aromatic heterocycles. The van der Waals surface area contributed by atoms with Crippen LogP contribution in [-0.4, -0.2) is 23.9 Å². The summed E-state index contributed by atoms with van der Waals surface area (Å²) in [4.78, 5) is 15.2. The van der Waals surface area contributed by atoms with Crippen LogP contribution in [0.5, 0.6) is 0 Å². The Balaban J connectivity index is 1.45. The average Bonchev–Trinajstić information content (AvgIpc) is 2.70. The lowest BCUT2D eigenvalue weighted by molar-refractivity contribution is -0.121. The van der Waals surface area contributed by atoms with Gasteiger partial charge in [0, 0.05) is 29.2 Å². The van der Waals surface area contributed by atoms with E-state index in [1.807, 2.05) is 42.5 Å². The van der Waals surface area contributed by atoms with Crippen molar-refractivity contribution in [1.29, 1.82) is 0 Å².